The minimum atomic E-state index is -0.247. The molecule has 0 saturated heterocycles. The molecule has 168 valence electrons. The van der Waals surface area contributed by atoms with Gasteiger partial charge in [-0.15, -0.1) is 0 Å². The van der Waals surface area contributed by atoms with Crippen molar-refractivity contribution in [2.24, 2.45) is 0 Å². The van der Waals surface area contributed by atoms with Crippen LogP contribution < -0.4 is 20.3 Å². The van der Waals surface area contributed by atoms with Crippen LogP contribution in [0.5, 0.6) is 11.5 Å². The summed E-state index contributed by atoms with van der Waals surface area (Å²) in [4.78, 5) is 30.6. The molecule has 0 aliphatic carbocycles. The Kier molecular flexibility index (Phi) is 6.86. The van der Waals surface area contributed by atoms with Crippen molar-refractivity contribution in [1.29, 1.82) is 0 Å². The van der Waals surface area contributed by atoms with Crippen LogP contribution in [0.2, 0.25) is 5.02 Å². The molecule has 0 atom stereocenters. The predicted octanol–water partition coefficient (Wildman–Crippen LogP) is 4.79. The third-order valence-electron chi connectivity index (χ3n) is 4.81. The number of hydrogen-bond acceptors (Lipinski definition) is 6. The number of carbonyl (C=O) groups is 1. The van der Waals surface area contributed by atoms with Crippen LogP contribution in [0.25, 0.3) is 16.6 Å². The fraction of sp³-hybridized carbons (Fsp3) is 0.125. The second kappa shape index (κ2) is 9.97. The summed E-state index contributed by atoms with van der Waals surface area (Å²) in [6.45, 7) is 0. The average Bonchev–Trinajstić information content (AvgIpc) is 2.82. The highest BCUT2D eigenvalue weighted by atomic mass is 35.5. The third-order valence-corrected chi connectivity index (χ3v) is 5.98. The van der Waals surface area contributed by atoms with Gasteiger partial charge in [-0.25, -0.2) is 4.98 Å². The molecule has 0 aliphatic heterocycles. The standard InChI is InChI=1S/C24H20ClN3O4S/c1-31-20-11-10-17(13-21(20)32-2)28-23(30)18-8-3-4-9-19(18)27-24(28)33-14-22(29)26-16-7-5-6-15(25)12-16/h3-13H,14H2,1-2H3,(H,26,29). The zero-order valence-electron chi connectivity index (χ0n) is 17.9. The Hall–Kier alpha value is -3.49. The molecular weight excluding hydrogens is 462 g/mol. The number of thioether (sulfide) groups is 1. The summed E-state index contributed by atoms with van der Waals surface area (Å²) in [6.07, 6.45) is 0. The first-order chi connectivity index (χ1) is 16.0. The highest BCUT2D eigenvalue weighted by molar-refractivity contribution is 7.99. The van der Waals surface area contributed by atoms with Gasteiger partial charge in [0.15, 0.2) is 16.7 Å². The Balaban J connectivity index is 1.71. The molecule has 3 aromatic carbocycles. The number of carbonyl (C=O) groups excluding carboxylic acids is 1. The Morgan fingerprint density at radius 3 is 2.58 bits per heavy atom. The van der Waals surface area contributed by atoms with Gasteiger partial charge < -0.3 is 14.8 Å². The lowest BCUT2D eigenvalue weighted by atomic mass is 10.2. The number of rotatable bonds is 7. The van der Waals surface area contributed by atoms with E-state index in [1.807, 2.05) is 6.07 Å². The van der Waals surface area contributed by atoms with Gasteiger partial charge in [0.25, 0.3) is 5.56 Å². The van der Waals surface area contributed by atoms with Crippen molar-refractivity contribution >= 4 is 45.9 Å². The third kappa shape index (κ3) is 4.97. The molecule has 4 rings (SSSR count). The molecule has 4 aromatic rings. The van der Waals surface area contributed by atoms with Crippen LogP contribution in [0.4, 0.5) is 5.69 Å². The van der Waals surface area contributed by atoms with Crippen LogP contribution in [0.3, 0.4) is 0 Å². The van der Waals surface area contributed by atoms with Gasteiger partial charge in [-0.05, 0) is 42.5 Å². The Labute approximate surface area is 199 Å². The van der Waals surface area contributed by atoms with Crippen molar-refractivity contribution in [3.05, 3.63) is 82.1 Å². The number of fused-ring (bicyclic) bond motifs is 1. The first kappa shape index (κ1) is 22.7. The number of methoxy groups -OCH3 is 2. The van der Waals surface area contributed by atoms with Gasteiger partial charge in [0, 0.05) is 16.8 Å². The minimum absolute atomic E-state index is 0.0462. The number of anilines is 1. The molecule has 9 heteroatoms. The molecule has 0 bridgehead atoms. The lowest BCUT2D eigenvalue weighted by Crippen LogP contribution is -2.23. The Morgan fingerprint density at radius 2 is 1.82 bits per heavy atom. The first-order valence-corrected chi connectivity index (χ1v) is 11.3. The lowest BCUT2D eigenvalue weighted by Gasteiger charge is -2.15. The summed E-state index contributed by atoms with van der Waals surface area (Å²) in [5, 5.41) is 4.18. The van der Waals surface area contributed by atoms with Gasteiger partial charge in [0.1, 0.15) is 0 Å². The summed E-state index contributed by atoms with van der Waals surface area (Å²) in [5.74, 6) is 0.816. The monoisotopic (exact) mass is 481 g/mol. The molecule has 0 fully saturated rings. The largest absolute Gasteiger partial charge is 0.493 e. The number of benzene rings is 3. The van der Waals surface area contributed by atoms with Crippen LogP contribution in [0, 0.1) is 0 Å². The van der Waals surface area contributed by atoms with Crippen LogP contribution in [0.1, 0.15) is 0 Å². The van der Waals surface area contributed by atoms with Gasteiger partial charge in [0.2, 0.25) is 5.91 Å². The number of para-hydroxylation sites is 1. The van der Waals surface area contributed by atoms with Crippen molar-refractivity contribution in [3.63, 3.8) is 0 Å². The van der Waals surface area contributed by atoms with Gasteiger partial charge in [-0.1, -0.05) is 41.6 Å². The van der Waals surface area contributed by atoms with E-state index < -0.39 is 0 Å². The van der Waals surface area contributed by atoms with Gasteiger partial charge in [-0.3, -0.25) is 14.2 Å². The number of ether oxygens (including phenoxy) is 2. The molecule has 0 saturated carbocycles. The molecule has 0 radical (unpaired) electrons. The van der Waals surface area contributed by atoms with Crippen molar-refractivity contribution in [2.75, 3.05) is 25.3 Å². The van der Waals surface area contributed by atoms with Gasteiger partial charge >= 0.3 is 0 Å². The van der Waals surface area contributed by atoms with Crippen molar-refractivity contribution in [3.8, 4) is 17.2 Å². The van der Waals surface area contributed by atoms with Gasteiger partial charge in [0.05, 0.1) is 36.6 Å². The van der Waals surface area contributed by atoms with E-state index in [9.17, 15) is 9.59 Å². The maximum atomic E-state index is 13.4. The summed E-state index contributed by atoms with van der Waals surface area (Å²) < 4.78 is 12.2. The molecule has 0 aliphatic rings. The van der Waals surface area contributed by atoms with E-state index in [2.05, 4.69) is 10.3 Å². The maximum absolute atomic E-state index is 13.4. The van der Waals surface area contributed by atoms with Gasteiger partial charge in [-0.2, -0.15) is 0 Å². The fourth-order valence-electron chi connectivity index (χ4n) is 3.29. The molecule has 7 nitrogen and oxygen atoms in total. The van der Waals surface area contributed by atoms with E-state index in [1.165, 1.54) is 11.7 Å². The molecule has 1 heterocycles. The number of hydrogen-bond donors (Lipinski definition) is 1. The number of halogens is 1. The van der Waals surface area contributed by atoms with Crippen LogP contribution >= 0.6 is 23.4 Å². The zero-order valence-corrected chi connectivity index (χ0v) is 19.4. The summed E-state index contributed by atoms with van der Waals surface area (Å²) in [7, 11) is 3.07. The van der Waals surface area contributed by atoms with E-state index in [0.717, 1.165) is 11.8 Å². The normalized spacial score (nSPS) is 10.8. The minimum Gasteiger partial charge on any atom is -0.493 e. The molecular formula is C24H20ClN3O4S. The van der Waals surface area contributed by atoms with Crippen LogP contribution in [0.15, 0.2) is 76.7 Å². The van der Waals surface area contributed by atoms with E-state index in [0.29, 0.717) is 44.0 Å². The van der Waals surface area contributed by atoms with E-state index in [4.69, 9.17) is 21.1 Å². The van der Waals surface area contributed by atoms with Crippen molar-refractivity contribution in [2.45, 2.75) is 5.16 Å². The number of aromatic nitrogens is 2. The number of nitrogens with zero attached hydrogens (tertiary/aromatic N) is 2. The quantitative estimate of drug-likeness (QED) is 0.302. The second-order valence-corrected chi connectivity index (χ2v) is 8.32. The van der Waals surface area contributed by atoms with Crippen LogP contribution in [-0.2, 0) is 4.79 Å². The molecule has 1 amide bonds. The highest BCUT2D eigenvalue weighted by Crippen LogP contribution is 2.30. The first-order valence-electron chi connectivity index (χ1n) is 9.92. The molecule has 33 heavy (non-hydrogen) atoms. The predicted molar refractivity (Wildman–Crippen MR) is 131 cm³/mol. The number of nitrogens with one attached hydrogen (secondary N) is 1. The zero-order chi connectivity index (χ0) is 23.4. The highest BCUT2D eigenvalue weighted by Gasteiger charge is 2.16. The Bertz CT molecular complexity index is 1390. The topological polar surface area (TPSA) is 82.5 Å². The molecule has 0 unspecified atom stereocenters. The molecule has 0 spiro atoms. The number of amides is 1. The summed E-state index contributed by atoms with van der Waals surface area (Å²) in [6, 6.07) is 19.2. The summed E-state index contributed by atoms with van der Waals surface area (Å²) in [5.41, 5.74) is 1.45. The Morgan fingerprint density at radius 1 is 1.03 bits per heavy atom. The van der Waals surface area contributed by atoms with Crippen LogP contribution in [-0.4, -0.2) is 35.4 Å². The summed E-state index contributed by atoms with van der Waals surface area (Å²) >= 11 is 7.15. The van der Waals surface area contributed by atoms with Crippen molar-refractivity contribution < 1.29 is 14.3 Å². The molecule has 1 aromatic heterocycles. The fourth-order valence-corrected chi connectivity index (χ4v) is 4.30. The smallest absolute Gasteiger partial charge is 0.266 e. The molecule has 1 N–H and O–H groups in total. The second-order valence-electron chi connectivity index (χ2n) is 6.94. The van der Waals surface area contributed by atoms with E-state index in [-0.39, 0.29) is 17.2 Å². The lowest BCUT2D eigenvalue weighted by molar-refractivity contribution is -0.113. The maximum Gasteiger partial charge on any atom is 0.266 e. The van der Waals surface area contributed by atoms with Crippen molar-refractivity contribution in [1.82, 2.24) is 9.55 Å². The van der Waals surface area contributed by atoms with E-state index in [1.54, 1.807) is 67.8 Å². The average molecular weight is 482 g/mol. The SMILES string of the molecule is COc1ccc(-n2c(SCC(=O)Nc3cccc(Cl)c3)nc3ccccc3c2=O)cc1OC. The van der Waals surface area contributed by atoms with E-state index >= 15 is 0 Å².